The van der Waals surface area contributed by atoms with E-state index in [0.717, 1.165) is 5.56 Å². The topological polar surface area (TPSA) is 115 Å². The number of esters is 1. The molecule has 0 spiro atoms. The maximum atomic E-state index is 13.0. The number of hydrogen-bond acceptors (Lipinski definition) is 7. The van der Waals surface area contributed by atoms with E-state index in [2.05, 4.69) is 10.6 Å². The third-order valence-corrected chi connectivity index (χ3v) is 4.91. The molecule has 3 N–H and O–H groups in total. The number of benzene rings is 2. The Balaban J connectivity index is 1.56. The van der Waals surface area contributed by atoms with Gasteiger partial charge in [0.1, 0.15) is 6.61 Å². The van der Waals surface area contributed by atoms with Crippen molar-refractivity contribution in [3.63, 3.8) is 0 Å². The first kappa shape index (κ1) is 20.4. The van der Waals surface area contributed by atoms with Crippen LogP contribution in [0.4, 0.5) is 4.79 Å². The minimum atomic E-state index is -0.766. The van der Waals surface area contributed by atoms with Crippen LogP contribution in [-0.2, 0) is 16.1 Å². The number of allylic oxidation sites excluding steroid dienone is 1. The summed E-state index contributed by atoms with van der Waals surface area (Å²) in [5.41, 5.74) is 1.96. The van der Waals surface area contributed by atoms with Crippen molar-refractivity contribution < 1.29 is 33.6 Å². The van der Waals surface area contributed by atoms with Gasteiger partial charge in [-0.05, 0) is 49.2 Å². The molecule has 4 rings (SSSR count). The van der Waals surface area contributed by atoms with E-state index < -0.39 is 18.0 Å². The fourth-order valence-corrected chi connectivity index (χ4v) is 3.45. The number of fused-ring (bicyclic) bond motifs is 1. The standard InChI is InChI=1S/C22H22N2O7/c1-3-28-17-9-14(5-6-15(17)25)20-19(12(2)23-22(27)24-20)21(26)29-10-13-4-7-16-18(8-13)31-11-30-16/h4-9,20,25H,3,10-11H2,1-2H3,(H2,23,24,27)/t20-/m0/s1. The van der Waals surface area contributed by atoms with Crippen LogP contribution in [0.2, 0.25) is 0 Å². The number of phenolic OH excluding ortho intramolecular Hbond substituents is 1. The molecule has 9 nitrogen and oxygen atoms in total. The van der Waals surface area contributed by atoms with Gasteiger partial charge in [-0.1, -0.05) is 12.1 Å². The summed E-state index contributed by atoms with van der Waals surface area (Å²) < 4.78 is 21.6. The van der Waals surface area contributed by atoms with Crippen molar-refractivity contribution in [2.45, 2.75) is 26.5 Å². The normalized spacial score (nSPS) is 17.1. The molecule has 162 valence electrons. The monoisotopic (exact) mass is 426 g/mol. The summed E-state index contributed by atoms with van der Waals surface area (Å²) in [7, 11) is 0. The summed E-state index contributed by atoms with van der Waals surface area (Å²) in [5, 5.41) is 15.3. The first-order chi connectivity index (χ1) is 15.0. The van der Waals surface area contributed by atoms with Gasteiger partial charge in [-0.25, -0.2) is 9.59 Å². The lowest BCUT2D eigenvalue weighted by molar-refractivity contribution is -0.140. The van der Waals surface area contributed by atoms with Crippen LogP contribution in [0.15, 0.2) is 47.7 Å². The molecule has 2 aromatic rings. The van der Waals surface area contributed by atoms with Crippen molar-refractivity contribution in [2.24, 2.45) is 0 Å². The molecule has 0 radical (unpaired) electrons. The van der Waals surface area contributed by atoms with Crippen LogP contribution in [0.3, 0.4) is 0 Å². The Morgan fingerprint density at radius 3 is 2.81 bits per heavy atom. The van der Waals surface area contributed by atoms with E-state index in [1.807, 2.05) is 0 Å². The van der Waals surface area contributed by atoms with Crippen LogP contribution in [0, 0.1) is 0 Å². The summed E-state index contributed by atoms with van der Waals surface area (Å²) >= 11 is 0. The van der Waals surface area contributed by atoms with E-state index >= 15 is 0 Å². The molecule has 2 heterocycles. The van der Waals surface area contributed by atoms with Gasteiger partial charge in [0.2, 0.25) is 6.79 Å². The van der Waals surface area contributed by atoms with E-state index in [1.54, 1.807) is 44.2 Å². The Bertz CT molecular complexity index is 1060. The van der Waals surface area contributed by atoms with Crippen LogP contribution in [0.25, 0.3) is 0 Å². The van der Waals surface area contributed by atoms with Crippen molar-refractivity contribution in [2.75, 3.05) is 13.4 Å². The quantitative estimate of drug-likeness (QED) is 0.609. The first-order valence-corrected chi connectivity index (χ1v) is 9.76. The maximum absolute atomic E-state index is 13.0. The second kappa shape index (κ2) is 8.47. The highest BCUT2D eigenvalue weighted by Crippen LogP contribution is 2.35. The molecule has 0 saturated heterocycles. The molecule has 0 aliphatic carbocycles. The summed E-state index contributed by atoms with van der Waals surface area (Å²) in [5.74, 6) is 0.891. The highest BCUT2D eigenvalue weighted by atomic mass is 16.7. The summed E-state index contributed by atoms with van der Waals surface area (Å²) in [6, 6.07) is 8.75. The largest absolute Gasteiger partial charge is 0.504 e. The van der Waals surface area contributed by atoms with E-state index in [1.165, 1.54) is 6.07 Å². The summed E-state index contributed by atoms with van der Waals surface area (Å²) in [4.78, 5) is 25.1. The van der Waals surface area contributed by atoms with Crippen LogP contribution in [-0.4, -0.2) is 30.5 Å². The Morgan fingerprint density at radius 2 is 2.00 bits per heavy atom. The molecule has 0 aromatic heterocycles. The van der Waals surface area contributed by atoms with Gasteiger partial charge in [-0.2, -0.15) is 0 Å². The second-order valence-corrected chi connectivity index (χ2v) is 6.99. The van der Waals surface area contributed by atoms with Crippen LogP contribution < -0.4 is 24.8 Å². The van der Waals surface area contributed by atoms with Gasteiger partial charge in [-0.15, -0.1) is 0 Å². The molecule has 0 unspecified atom stereocenters. The van der Waals surface area contributed by atoms with Gasteiger partial charge in [0.15, 0.2) is 23.0 Å². The fraction of sp³-hybridized carbons (Fsp3) is 0.273. The third kappa shape index (κ3) is 4.20. The van der Waals surface area contributed by atoms with Gasteiger partial charge in [0.05, 0.1) is 18.2 Å². The average Bonchev–Trinajstić information content (AvgIpc) is 3.21. The Morgan fingerprint density at radius 1 is 1.19 bits per heavy atom. The lowest BCUT2D eigenvalue weighted by Gasteiger charge is -2.28. The minimum Gasteiger partial charge on any atom is -0.504 e. The molecular weight excluding hydrogens is 404 g/mol. The average molecular weight is 426 g/mol. The smallest absolute Gasteiger partial charge is 0.338 e. The molecule has 2 amide bonds. The number of carbonyl (C=O) groups is 2. The fourth-order valence-electron chi connectivity index (χ4n) is 3.45. The van der Waals surface area contributed by atoms with Gasteiger partial charge < -0.3 is 34.7 Å². The molecule has 0 bridgehead atoms. The number of rotatable bonds is 6. The second-order valence-electron chi connectivity index (χ2n) is 6.99. The highest BCUT2D eigenvalue weighted by molar-refractivity contribution is 5.95. The molecule has 2 aliphatic rings. The Hall–Kier alpha value is -3.88. The van der Waals surface area contributed by atoms with Gasteiger partial charge >= 0.3 is 12.0 Å². The van der Waals surface area contributed by atoms with Gasteiger partial charge in [0.25, 0.3) is 0 Å². The zero-order valence-electron chi connectivity index (χ0n) is 17.1. The van der Waals surface area contributed by atoms with Gasteiger partial charge in [-0.3, -0.25) is 0 Å². The third-order valence-electron chi connectivity index (χ3n) is 4.91. The van der Waals surface area contributed by atoms with E-state index in [-0.39, 0.29) is 30.5 Å². The minimum absolute atomic E-state index is 0.0205. The van der Waals surface area contributed by atoms with Crippen LogP contribution in [0.5, 0.6) is 23.0 Å². The van der Waals surface area contributed by atoms with E-state index in [9.17, 15) is 14.7 Å². The summed E-state index contributed by atoms with van der Waals surface area (Å²) in [6.07, 6.45) is 0. The molecule has 2 aromatic carbocycles. The lowest BCUT2D eigenvalue weighted by Crippen LogP contribution is -2.45. The molecule has 1 atom stereocenters. The number of aromatic hydroxyl groups is 1. The van der Waals surface area contributed by atoms with Crippen LogP contribution in [0.1, 0.15) is 31.0 Å². The van der Waals surface area contributed by atoms with Crippen molar-refractivity contribution in [1.29, 1.82) is 0 Å². The molecule has 0 saturated carbocycles. The van der Waals surface area contributed by atoms with E-state index in [4.69, 9.17) is 18.9 Å². The maximum Gasteiger partial charge on any atom is 0.338 e. The van der Waals surface area contributed by atoms with Gasteiger partial charge in [0, 0.05) is 5.70 Å². The number of urea groups is 1. The van der Waals surface area contributed by atoms with Crippen LogP contribution >= 0.6 is 0 Å². The number of hydrogen-bond donors (Lipinski definition) is 3. The molecule has 2 aliphatic heterocycles. The van der Waals surface area contributed by atoms with Crippen molar-refractivity contribution in [3.05, 3.63) is 58.8 Å². The van der Waals surface area contributed by atoms with Crippen molar-refractivity contribution in [3.8, 4) is 23.0 Å². The lowest BCUT2D eigenvalue weighted by atomic mass is 9.95. The number of phenols is 1. The predicted molar refractivity (Wildman–Crippen MR) is 109 cm³/mol. The number of amides is 2. The molecular formula is C22H22N2O7. The SMILES string of the molecule is CCOc1cc([C@@H]2NC(=O)NC(C)=C2C(=O)OCc2ccc3c(c2)OCO3)ccc1O. The Kier molecular flexibility index (Phi) is 5.57. The highest BCUT2D eigenvalue weighted by Gasteiger charge is 2.33. The number of carbonyl (C=O) groups excluding carboxylic acids is 2. The summed E-state index contributed by atoms with van der Waals surface area (Å²) in [6.45, 7) is 3.96. The van der Waals surface area contributed by atoms with E-state index in [0.29, 0.717) is 29.4 Å². The molecule has 31 heavy (non-hydrogen) atoms. The molecule has 0 fully saturated rings. The van der Waals surface area contributed by atoms with Crippen molar-refractivity contribution in [1.82, 2.24) is 10.6 Å². The Labute approximate surface area is 178 Å². The molecule has 9 heteroatoms. The number of nitrogens with one attached hydrogen (secondary N) is 2. The number of ether oxygens (including phenoxy) is 4. The predicted octanol–water partition coefficient (Wildman–Crippen LogP) is 2.89. The zero-order valence-corrected chi connectivity index (χ0v) is 17.1. The first-order valence-electron chi connectivity index (χ1n) is 9.76. The zero-order chi connectivity index (χ0) is 22.0. The van der Waals surface area contributed by atoms with Crippen molar-refractivity contribution >= 4 is 12.0 Å².